The molecule has 27 heavy (non-hydrogen) atoms. The summed E-state index contributed by atoms with van der Waals surface area (Å²) in [4.78, 5) is 12.7. The number of nitrogens with zero attached hydrogens (tertiary/aromatic N) is 2. The van der Waals surface area contributed by atoms with Crippen molar-refractivity contribution in [3.05, 3.63) is 82.4 Å². The summed E-state index contributed by atoms with van der Waals surface area (Å²) >= 11 is 6.41. The highest BCUT2D eigenvalue weighted by molar-refractivity contribution is 6.33. The van der Waals surface area contributed by atoms with Gasteiger partial charge in [0.2, 0.25) is 0 Å². The Bertz CT molecular complexity index is 923. The fourth-order valence-electron chi connectivity index (χ4n) is 3.04. The Morgan fingerprint density at radius 3 is 2.48 bits per heavy atom. The molecule has 0 saturated carbocycles. The van der Waals surface area contributed by atoms with Crippen molar-refractivity contribution in [2.75, 3.05) is 6.54 Å². The molecule has 1 aromatic heterocycles. The highest BCUT2D eigenvalue weighted by atomic mass is 35.5. The zero-order chi connectivity index (χ0) is 19.4. The molecule has 0 aliphatic rings. The van der Waals surface area contributed by atoms with Crippen LogP contribution < -0.4 is 5.32 Å². The van der Waals surface area contributed by atoms with Crippen molar-refractivity contribution >= 4 is 17.5 Å². The largest absolute Gasteiger partial charge is 0.351 e. The van der Waals surface area contributed by atoms with Gasteiger partial charge in [0.05, 0.1) is 16.9 Å². The number of amides is 1. The van der Waals surface area contributed by atoms with Crippen LogP contribution in [-0.4, -0.2) is 22.2 Å². The number of carbonyl (C=O) groups is 1. The van der Waals surface area contributed by atoms with Gasteiger partial charge in [0.1, 0.15) is 11.0 Å². The van der Waals surface area contributed by atoms with Crippen LogP contribution in [0.25, 0.3) is 5.69 Å². The molecule has 0 bridgehead atoms. The molecule has 4 nitrogen and oxygen atoms in total. The van der Waals surface area contributed by atoms with E-state index in [1.54, 1.807) is 19.1 Å². The lowest BCUT2D eigenvalue weighted by atomic mass is 9.96. The second-order valence-electron chi connectivity index (χ2n) is 6.37. The third-order valence-corrected chi connectivity index (χ3v) is 4.92. The normalized spacial score (nSPS) is 12.0. The SMILES string of the molecule is CCC(CNC(=O)c1c(C)nn(-c2ccc(F)cc2)c1Cl)c1ccccc1. The number of carbonyl (C=O) groups excluding carboxylic acids is 1. The average molecular weight is 386 g/mol. The van der Waals surface area contributed by atoms with E-state index in [2.05, 4.69) is 29.5 Å². The maximum atomic E-state index is 13.1. The molecular weight excluding hydrogens is 365 g/mol. The predicted octanol–water partition coefficient (Wildman–Crippen LogP) is 4.90. The Kier molecular flexibility index (Phi) is 5.91. The van der Waals surface area contributed by atoms with E-state index in [1.165, 1.54) is 22.4 Å². The molecular formula is C21H21ClFN3O. The van der Waals surface area contributed by atoms with Crippen LogP contribution in [0.5, 0.6) is 0 Å². The second-order valence-corrected chi connectivity index (χ2v) is 6.72. The number of hydrogen-bond donors (Lipinski definition) is 1. The summed E-state index contributed by atoms with van der Waals surface area (Å²) in [6.07, 6.45) is 0.909. The smallest absolute Gasteiger partial charge is 0.256 e. The quantitative estimate of drug-likeness (QED) is 0.656. The van der Waals surface area contributed by atoms with Crippen molar-refractivity contribution in [1.29, 1.82) is 0 Å². The van der Waals surface area contributed by atoms with Crippen molar-refractivity contribution < 1.29 is 9.18 Å². The number of halogens is 2. The number of hydrogen-bond acceptors (Lipinski definition) is 2. The number of rotatable bonds is 6. The molecule has 0 spiro atoms. The molecule has 2 aromatic carbocycles. The van der Waals surface area contributed by atoms with Crippen LogP contribution in [-0.2, 0) is 0 Å². The first-order valence-electron chi connectivity index (χ1n) is 8.85. The van der Waals surface area contributed by atoms with E-state index in [0.717, 1.165) is 6.42 Å². The summed E-state index contributed by atoms with van der Waals surface area (Å²) in [5.74, 6) is -0.384. The van der Waals surface area contributed by atoms with Crippen LogP contribution in [0.4, 0.5) is 4.39 Å². The highest BCUT2D eigenvalue weighted by Gasteiger charge is 2.22. The minimum absolute atomic E-state index is 0.212. The molecule has 0 saturated heterocycles. The van der Waals surface area contributed by atoms with Gasteiger partial charge >= 0.3 is 0 Å². The first kappa shape index (κ1) is 19.1. The second kappa shape index (κ2) is 8.35. The molecule has 0 fully saturated rings. The van der Waals surface area contributed by atoms with Gasteiger partial charge < -0.3 is 5.32 Å². The summed E-state index contributed by atoms with van der Waals surface area (Å²) < 4.78 is 14.6. The van der Waals surface area contributed by atoms with E-state index in [-0.39, 0.29) is 22.8 Å². The predicted molar refractivity (Wildman–Crippen MR) is 105 cm³/mol. The molecule has 3 aromatic rings. The molecule has 1 atom stereocenters. The molecule has 1 heterocycles. The number of nitrogens with one attached hydrogen (secondary N) is 1. The molecule has 6 heteroatoms. The van der Waals surface area contributed by atoms with Crippen molar-refractivity contribution in [2.45, 2.75) is 26.2 Å². The van der Waals surface area contributed by atoms with Crippen LogP contribution >= 0.6 is 11.6 Å². The molecule has 0 aliphatic heterocycles. The van der Waals surface area contributed by atoms with Crippen LogP contribution in [0.3, 0.4) is 0 Å². The topological polar surface area (TPSA) is 46.9 Å². The van der Waals surface area contributed by atoms with Gasteiger partial charge in [-0.2, -0.15) is 5.10 Å². The molecule has 1 amide bonds. The van der Waals surface area contributed by atoms with Crippen LogP contribution in [0, 0.1) is 12.7 Å². The number of aryl methyl sites for hydroxylation is 1. The van der Waals surface area contributed by atoms with E-state index in [0.29, 0.717) is 23.5 Å². The van der Waals surface area contributed by atoms with Gasteiger partial charge in [-0.3, -0.25) is 4.79 Å². The van der Waals surface area contributed by atoms with Gasteiger partial charge in [-0.1, -0.05) is 48.9 Å². The van der Waals surface area contributed by atoms with Crippen molar-refractivity contribution in [1.82, 2.24) is 15.1 Å². The monoisotopic (exact) mass is 385 g/mol. The lowest BCUT2D eigenvalue weighted by Crippen LogP contribution is -2.28. The lowest BCUT2D eigenvalue weighted by Gasteiger charge is -2.16. The lowest BCUT2D eigenvalue weighted by molar-refractivity contribution is 0.0950. The highest BCUT2D eigenvalue weighted by Crippen LogP contribution is 2.24. The Morgan fingerprint density at radius 2 is 1.85 bits per heavy atom. The van der Waals surface area contributed by atoms with Gasteiger partial charge in [0.25, 0.3) is 5.91 Å². The Labute approximate surface area is 163 Å². The number of benzene rings is 2. The molecule has 0 aliphatic carbocycles. The fraction of sp³-hybridized carbons (Fsp3) is 0.238. The standard InChI is InChI=1S/C21H21ClFN3O/c1-3-15(16-7-5-4-6-8-16)13-24-21(27)19-14(2)25-26(20(19)22)18-11-9-17(23)10-12-18/h4-12,15H,3,13H2,1-2H3,(H,24,27). The minimum Gasteiger partial charge on any atom is -0.351 e. The van der Waals surface area contributed by atoms with Gasteiger partial charge in [-0.25, -0.2) is 9.07 Å². The van der Waals surface area contributed by atoms with Crippen molar-refractivity contribution in [3.8, 4) is 5.69 Å². The Morgan fingerprint density at radius 1 is 1.19 bits per heavy atom. The van der Waals surface area contributed by atoms with E-state index < -0.39 is 0 Å². The summed E-state index contributed by atoms with van der Waals surface area (Å²) in [6.45, 7) is 4.33. The van der Waals surface area contributed by atoms with Crippen LogP contribution in [0.15, 0.2) is 54.6 Å². The molecule has 1 N–H and O–H groups in total. The van der Waals surface area contributed by atoms with E-state index in [9.17, 15) is 9.18 Å². The Balaban J connectivity index is 1.78. The van der Waals surface area contributed by atoms with E-state index in [4.69, 9.17) is 11.6 Å². The summed E-state index contributed by atoms with van der Waals surface area (Å²) in [5, 5.41) is 7.52. The minimum atomic E-state index is -0.344. The van der Waals surface area contributed by atoms with Crippen LogP contribution in [0.2, 0.25) is 5.15 Å². The summed E-state index contributed by atoms with van der Waals surface area (Å²) in [5.41, 5.74) is 2.64. The third kappa shape index (κ3) is 4.19. The zero-order valence-corrected chi connectivity index (χ0v) is 16.0. The molecule has 0 radical (unpaired) electrons. The third-order valence-electron chi connectivity index (χ3n) is 4.58. The summed E-state index contributed by atoms with van der Waals surface area (Å²) in [6, 6.07) is 15.9. The van der Waals surface area contributed by atoms with Gasteiger partial charge in [-0.15, -0.1) is 0 Å². The van der Waals surface area contributed by atoms with E-state index in [1.807, 2.05) is 18.2 Å². The van der Waals surface area contributed by atoms with Gasteiger partial charge in [-0.05, 0) is 43.2 Å². The first-order chi connectivity index (χ1) is 13.0. The average Bonchev–Trinajstić information content (AvgIpc) is 2.98. The molecule has 3 rings (SSSR count). The van der Waals surface area contributed by atoms with Crippen molar-refractivity contribution in [2.24, 2.45) is 0 Å². The van der Waals surface area contributed by atoms with Crippen molar-refractivity contribution in [3.63, 3.8) is 0 Å². The van der Waals surface area contributed by atoms with E-state index >= 15 is 0 Å². The first-order valence-corrected chi connectivity index (χ1v) is 9.23. The zero-order valence-electron chi connectivity index (χ0n) is 15.2. The molecule has 1 unspecified atom stereocenters. The summed E-state index contributed by atoms with van der Waals surface area (Å²) in [7, 11) is 0. The Hall–Kier alpha value is -2.66. The number of aromatic nitrogens is 2. The van der Waals surface area contributed by atoms with Crippen LogP contribution in [0.1, 0.15) is 40.9 Å². The van der Waals surface area contributed by atoms with Gasteiger partial charge in [0, 0.05) is 12.5 Å². The maximum absolute atomic E-state index is 13.1. The maximum Gasteiger partial charge on any atom is 0.256 e. The molecule has 140 valence electrons. The fourth-order valence-corrected chi connectivity index (χ4v) is 3.40. The van der Waals surface area contributed by atoms with Gasteiger partial charge in [0.15, 0.2) is 0 Å².